The molecule has 3 rings (SSSR count). The van der Waals surface area contributed by atoms with Crippen LogP contribution in [0.4, 0.5) is 5.69 Å². The van der Waals surface area contributed by atoms with Crippen LogP contribution in [0.25, 0.3) is 0 Å². The molecule has 2 heterocycles. The Morgan fingerprint density at radius 2 is 2.13 bits per heavy atom. The number of aliphatic hydroxyl groups excluding tert-OH is 2. The van der Waals surface area contributed by atoms with Crippen molar-refractivity contribution >= 4 is 17.5 Å². The third-order valence-electron chi connectivity index (χ3n) is 4.42. The molecule has 1 atom stereocenters. The summed E-state index contributed by atoms with van der Waals surface area (Å²) < 4.78 is 5.33. The van der Waals surface area contributed by atoms with Gasteiger partial charge in [-0.15, -0.1) is 0 Å². The van der Waals surface area contributed by atoms with Crippen LogP contribution in [0, 0.1) is 5.92 Å². The maximum atomic E-state index is 12.6. The van der Waals surface area contributed by atoms with Gasteiger partial charge in [-0.1, -0.05) is 0 Å². The lowest BCUT2D eigenvalue weighted by Crippen LogP contribution is -2.42. The Kier molecular flexibility index (Phi) is 4.49. The molecule has 1 unspecified atom stereocenters. The van der Waals surface area contributed by atoms with E-state index in [2.05, 4.69) is 5.32 Å². The highest BCUT2D eigenvalue weighted by Gasteiger charge is 2.28. The lowest BCUT2D eigenvalue weighted by atomic mass is 9.91. The number of aliphatic hydroxyl groups is 2. The number of likely N-dealkylation sites (tertiary alicyclic amines) is 1. The second-order valence-electron chi connectivity index (χ2n) is 5.93. The molecule has 0 spiro atoms. The van der Waals surface area contributed by atoms with E-state index >= 15 is 0 Å². The van der Waals surface area contributed by atoms with Gasteiger partial charge in [0.05, 0.1) is 18.4 Å². The monoisotopic (exact) mass is 320 g/mol. The Balaban J connectivity index is 1.66. The Hall–Kier alpha value is -2.12. The van der Waals surface area contributed by atoms with E-state index in [0.717, 1.165) is 0 Å². The largest absolute Gasteiger partial charge is 0.482 e. The highest BCUT2D eigenvalue weighted by atomic mass is 16.5. The van der Waals surface area contributed by atoms with Crippen molar-refractivity contribution in [3.8, 4) is 5.75 Å². The number of anilines is 1. The Morgan fingerprint density at radius 1 is 1.39 bits per heavy atom. The van der Waals surface area contributed by atoms with Gasteiger partial charge in [0.15, 0.2) is 6.61 Å². The van der Waals surface area contributed by atoms with Crippen molar-refractivity contribution < 1.29 is 24.5 Å². The minimum Gasteiger partial charge on any atom is -0.482 e. The number of hydrogen-bond acceptors (Lipinski definition) is 5. The molecule has 23 heavy (non-hydrogen) atoms. The summed E-state index contributed by atoms with van der Waals surface area (Å²) in [6.07, 6.45) is 0.628. The van der Waals surface area contributed by atoms with Crippen LogP contribution in [0.3, 0.4) is 0 Å². The van der Waals surface area contributed by atoms with Gasteiger partial charge in [-0.25, -0.2) is 0 Å². The van der Waals surface area contributed by atoms with Crippen molar-refractivity contribution in [2.24, 2.45) is 5.92 Å². The topological polar surface area (TPSA) is 99.1 Å². The number of fused-ring (bicyclic) bond motifs is 1. The van der Waals surface area contributed by atoms with Gasteiger partial charge >= 0.3 is 0 Å². The van der Waals surface area contributed by atoms with Crippen molar-refractivity contribution in [3.05, 3.63) is 23.8 Å². The zero-order valence-electron chi connectivity index (χ0n) is 12.7. The first-order valence-electron chi connectivity index (χ1n) is 7.73. The van der Waals surface area contributed by atoms with Gasteiger partial charge in [-0.05, 0) is 37.0 Å². The van der Waals surface area contributed by atoms with E-state index in [-0.39, 0.29) is 30.9 Å². The lowest BCUT2D eigenvalue weighted by molar-refractivity contribution is -0.118. The van der Waals surface area contributed by atoms with Gasteiger partial charge in [0.1, 0.15) is 5.75 Å². The maximum Gasteiger partial charge on any atom is 0.262 e. The number of hydrogen-bond donors (Lipinski definition) is 3. The highest BCUT2D eigenvalue weighted by Crippen LogP contribution is 2.29. The van der Waals surface area contributed by atoms with E-state index in [1.54, 1.807) is 23.1 Å². The van der Waals surface area contributed by atoms with Crippen LogP contribution in [0.1, 0.15) is 23.2 Å². The zero-order chi connectivity index (χ0) is 16.4. The van der Waals surface area contributed by atoms with Crippen molar-refractivity contribution in [2.45, 2.75) is 18.9 Å². The van der Waals surface area contributed by atoms with Crippen LogP contribution in [-0.4, -0.2) is 59.3 Å². The molecular weight excluding hydrogens is 300 g/mol. The summed E-state index contributed by atoms with van der Waals surface area (Å²) in [6.45, 7) is 0.812. The number of piperidine rings is 1. The number of nitrogens with one attached hydrogen (secondary N) is 1. The summed E-state index contributed by atoms with van der Waals surface area (Å²) >= 11 is 0. The molecule has 0 bridgehead atoms. The number of nitrogens with zero attached hydrogens (tertiary/aromatic N) is 1. The predicted molar refractivity (Wildman–Crippen MR) is 82.3 cm³/mol. The van der Waals surface area contributed by atoms with Crippen LogP contribution in [0.5, 0.6) is 5.75 Å². The van der Waals surface area contributed by atoms with Crippen LogP contribution >= 0.6 is 0 Å². The third kappa shape index (κ3) is 3.30. The van der Waals surface area contributed by atoms with E-state index < -0.39 is 6.10 Å². The molecule has 1 saturated heterocycles. The van der Waals surface area contributed by atoms with E-state index in [4.69, 9.17) is 9.84 Å². The molecule has 0 aliphatic carbocycles. The molecule has 0 saturated carbocycles. The molecule has 7 heteroatoms. The van der Waals surface area contributed by atoms with Crippen LogP contribution < -0.4 is 10.1 Å². The fourth-order valence-corrected chi connectivity index (χ4v) is 3.03. The van der Waals surface area contributed by atoms with E-state index in [1.165, 1.54) is 0 Å². The normalized spacial score (nSPS) is 19.6. The van der Waals surface area contributed by atoms with Gasteiger partial charge in [-0.3, -0.25) is 9.59 Å². The average molecular weight is 320 g/mol. The lowest BCUT2D eigenvalue weighted by Gasteiger charge is -2.34. The number of ether oxygens (including phenoxy) is 1. The molecule has 0 aromatic heterocycles. The Bertz CT molecular complexity index is 610. The van der Waals surface area contributed by atoms with Gasteiger partial charge < -0.3 is 25.2 Å². The minimum absolute atomic E-state index is 0.0335. The predicted octanol–water partition coefficient (Wildman–Crippen LogP) is 0.223. The number of carbonyl (C=O) groups excluding carboxylic acids is 2. The van der Waals surface area contributed by atoms with Crippen molar-refractivity contribution in [3.63, 3.8) is 0 Å². The minimum atomic E-state index is -0.715. The third-order valence-corrected chi connectivity index (χ3v) is 4.42. The molecule has 2 aliphatic rings. The first kappa shape index (κ1) is 15.8. The second kappa shape index (κ2) is 6.55. The first-order valence-corrected chi connectivity index (χ1v) is 7.73. The maximum absolute atomic E-state index is 12.6. The van der Waals surface area contributed by atoms with Gasteiger partial charge in [0, 0.05) is 18.7 Å². The van der Waals surface area contributed by atoms with E-state index in [9.17, 15) is 14.7 Å². The summed E-state index contributed by atoms with van der Waals surface area (Å²) in [5.41, 5.74) is 1.09. The summed E-state index contributed by atoms with van der Waals surface area (Å²) in [5.74, 6) is 0.235. The summed E-state index contributed by atoms with van der Waals surface area (Å²) in [4.78, 5) is 25.6. The SMILES string of the molecule is O=C1COc2cc(C(=O)N3CCC(C(O)CO)CC3)ccc2N1. The molecule has 124 valence electrons. The van der Waals surface area contributed by atoms with Crippen LogP contribution in [0.15, 0.2) is 18.2 Å². The molecule has 3 N–H and O–H groups in total. The Labute approximate surface area is 133 Å². The standard InChI is InChI=1S/C16H20N2O5/c19-8-13(20)10-3-5-18(6-4-10)16(22)11-1-2-12-14(7-11)23-9-15(21)17-12/h1-2,7,10,13,19-20H,3-6,8-9H2,(H,17,21). The Morgan fingerprint density at radius 3 is 2.83 bits per heavy atom. The van der Waals surface area contributed by atoms with E-state index in [1.807, 2.05) is 0 Å². The van der Waals surface area contributed by atoms with E-state index in [0.29, 0.717) is 42.9 Å². The second-order valence-corrected chi connectivity index (χ2v) is 5.93. The molecule has 0 radical (unpaired) electrons. The average Bonchev–Trinajstić information content (AvgIpc) is 2.60. The molecule has 2 aliphatic heterocycles. The molecule has 1 aromatic rings. The van der Waals surface area contributed by atoms with Gasteiger partial charge in [0.25, 0.3) is 11.8 Å². The van der Waals surface area contributed by atoms with Gasteiger partial charge in [0.2, 0.25) is 0 Å². The molecule has 7 nitrogen and oxygen atoms in total. The fraction of sp³-hybridized carbons (Fsp3) is 0.500. The summed E-state index contributed by atoms with van der Waals surface area (Å²) in [7, 11) is 0. The van der Waals surface area contributed by atoms with Crippen LogP contribution in [-0.2, 0) is 4.79 Å². The molecular formula is C16H20N2O5. The molecule has 1 aromatic carbocycles. The van der Waals surface area contributed by atoms with Crippen molar-refractivity contribution in [1.82, 2.24) is 4.90 Å². The highest BCUT2D eigenvalue weighted by molar-refractivity contribution is 5.99. The summed E-state index contributed by atoms with van der Waals surface area (Å²) in [5, 5.41) is 21.4. The molecule has 1 fully saturated rings. The number of amides is 2. The number of rotatable bonds is 3. The molecule has 2 amide bonds. The smallest absolute Gasteiger partial charge is 0.262 e. The van der Waals surface area contributed by atoms with Crippen molar-refractivity contribution in [2.75, 3.05) is 31.6 Å². The van der Waals surface area contributed by atoms with Crippen molar-refractivity contribution in [1.29, 1.82) is 0 Å². The number of carbonyl (C=O) groups is 2. The first-order chi connectivity index (χ1) is 11.1. The quantitative estimate of drug-likeness (QED) is 0.740. The van der Waals surface area contributed by atoms with Gasteiger partial charge in [-0.2, -0.15) is 0 Å². The summed E-state index contributed by atoms with van der Waals surface area (Å²) in [6, 6.07) is 4.98. The fourth-order valence-electron chi connectivity index (χ4n) is 3.03. The zero-order valence-corrected chi connectivity index (χ0v) is 12.7. The number of benzene rings is 1. The van der Waals surface area contributed by atoms with Crippen LogP contribution in [0.2, 0.25) is 0 Å².